The lowest BCUT2D eigenvalue weighted by atomic mass is 10.1. The number of benzene rings is 1. The molecule has 0 fully saturated rings. The molecule has 0 saturated heterocycles. The molecule has 0 bridgehead atoms. The van der Waals surface area contributed by atoms with Gasteiger partial charge in [0.2, 0.25) is 0 Å². The maximum absolute atomic E-state index is 5.30. The van der Waals surface area contributed by atoms with E-state index < -0.39 is 0 Å². The molecular formula is C21H21BrN4O2. The van der Waals surface area contributed by atoms with E-state index in [1.54, 1.807) is 14.2 Å². The number of ether oxygens (including phenoxy) is 2. The zero-order valence-electron chi connectivity index (χ0n) is 15.7. The van der Waals surface area contributed by atoms with Gasteiger partial charge in [0, 0.05) is 26.0 Å². The van der Waals surface area contributed by atoms with Gasteiger partial charge in [0.1, 0.15) is 4.60 Å². The van der Waals surface area contributed by atoms with Crippen LogP contribution in [0.15, 0.2) is 64.3 Å². The highest BCUT2D eigenvalue weighted by atomic mass is 79.9. The Morgan fingerprint density at radius 2 is 1.89 bits per heavy atom. The van der Waals surface area contributed by atoms with Crippen molar-refractivity contribution in [2.75, 3.05) is 20.8 Å². The summed E-state index contributed by atoms with van der Waals surface area (Å²) in [5, 5.41) is 3.38. The molecule has 3 aromatic rings. The van der Waals surface area contributed by atoms with E-state index >= 15 is 0 Å². The number of halogens is 1. The van der Waals surface area contributed by atoms with Crippen molar-refractivity contribution in [1.82, 2.24) is 14.9 Å². The zero-order chi connectivity index (χ0) is 19.5. The van der Waals surface area contributed by atoms with Crippen molar-refractivity contribution in [3.8, 4) is 11.1 Å². The summed E-state index contributed by atoms with van der Waals surface area (Å²) < 4.78 is 13.6. The summed E-state index contributed by atoms with van der Waals surface area (Å²) in [6.07, 6.45) is 1.79. The first kappa shape index (κ1) is 18.9. The average molecular weight is 441 g/mol. The lowest BCUT2D eigenvalue weighted by Gasteiger charge is -2.16. The van der Waals surface area contributed by atoms with Gasteiger partial charge in [-0.3, -0.25) is 0 Å². The third-order valence-corrected chi connectivity index (χ3v) is 5.12. The van der Waals surface area contributed by atoms with Crippen molar-refractivity contribution in [3.05, 3.63) is 70.7 Å². The first-order chi connectivity index (χ1) is 13.7. The maximum atomic E-state index is 5.30. The highest BCUT2D eigenvalue weighted by Gasteiger charge is 2.20. The topological polar surface area (TPSA) is 60.7 Å². The summed E-state index contributed by atoms with van der Waals surface area (Å²) in [4.78, 5) is 9.49. The predicted octanol–water partition coefficient (Wildman–Crippen LogP) is 3.96. The smallest absolute Gasteiger partial charge is 0.173 e. The molecule has 28 heavy (non-hydrogen) atoms. The number of hydrogen-bond donors (Lipinski definition) is 1. The van der Waals surface area contributed by atoms with E-state index in [9.17, 15) is 0 Å². The third-order valence-electron chi connectivity index (χ3n) is 4.68. The van der Waals surface area contributed by atoms with E-state index in [0.29, 0.717) is 13.1 Å². The summed E-state index contributed by atoms with van der Waals surface area (Å²) >= 11 is 3.46. The van der Waals surface area contributed by atoms with Gasteiger partial charge in [-0.05, 0) is 39.7 Å². The second-order valence-electron chi connectivity index (χ2n) is 6.45. The Balaban J connectivity index is 1.76. The monoisotopic (exact) mass is 440 g/mol. The third kappa shape index (κ3) is 3.87. The van der Waals surface area contributed by atoms with E-state index in [1.165, 1.54) is 0 Å². The van der Waals surface area contributed by atoms with Gasteiger partial charge in [-0.25, -0.2) is 9.98 Å². The minimum Gasteiger partial charge on any atom is -0.363 e. The molecule has 0 atom stereocenters. The molecule has 1 N–H and O–H groups in total. The fourth-order valence-electron chi connectivity index (χ4n) is 3.23. The lowest BCUT2D eigenvalue weighted by molar-refractivity contribution is -0.0965. The van der Waals surface area contributed by atoms with Crippen LogP contribution in [0.1, 0.15) is 11.4 Å². The quantitative estimate of drug-likeness (QED) is 0.481. The zero-order valence-corrected chi connectivity index (χ0v) is 17.3. The number of fused-ring (bicyclic) bond motifs is 2. The molecule has 6 nitrogen and oxygen atoms in total. The summed E-state index contributed by atoms with van der Waals surface area (Å²) in [5.41, 5.74) is 5.06. The Morgan fingerprint density at radius 1 is 1.11 bits per heavy atom. The van der Waals surface area contributed by atoms with E-state index in [1.807, 2.05) is 30.3 Å². The Bertz CT molecular complexity index is 997. The van der Waals surface area contributed by atoms with Gasteiger partial charge >= 0.3 is 0 Å². The van der Waals surface area contributed by atoms with E-state index in [0.717, 1.165) is 38.6 Å². The fourth-order valence-corrected chi connectivity index (χ4v) is 3.57. The van der Waals surface area contributed by atoms with Crippen molar-refractivity contribution < 1.29 is 9.47 Å². The largest absolute Gasteiger partial charge is 0.363 e. The Hall–Kier alpha value is -2.48. The standard InChI is InChI=1S/C21H21BrN4O2/c1-27-20(28-2)11-23-21-18-10-15(14-6-4-3-5-7-14)12-26(18)13-17-16(25-21)8-9-19(22)24-17/h3-10,12,20H,11,13H2,1-2H3,(H,23,25). The molecule has 4 rings (SSSR count). The summed E-state index contributed by atoms with van der Waals surface area (Å²) in [5.74, 6) is 0.768. The van der Waals surface area contributed by atoms with Crippen molar-refractivity contribution in [3.63, 3.8) is 0 Å². The van der Waals surface area contributed by atoms with E-state index in [2.05, 4.69) is 55.2 Å². The Morgan fingerprint density at radius 3 is 2.64 bits per heavy atom. The molecular weight excluding hydrogens is 420 g/mol. The van der Waals surface area contributed by atoms with Crippen LogP contribution in [0.2, 0.25) is 0 Å². The second kappa shape index (κ2) is 8.26. The molecule has 7 heteroatoms. The second-order valence-corrected chi connectivity index (χ2v) is 7.26. The minimum atomic E-state index is -0.356. The van der Waals surface area contributed by atoms with E-state index in [4.69, 9.17) is 14.5 Å². The lowest BCUT2D eigenvalue weighted by Crippen LogP contribution is -2.35. The number of methoxy groups -OCH3 is 2. The number of pyridine rings is 1. The summed E-state index contributed by atoms with van der Waals surface area (Å²) in [6, 6.07) is 16.3. The van der Waals surface area contributed by atoms with Crippen LogP contribution >= 0.6 is 15.9 Å². The average Bonchev–Trinajstić information content (AvgIpc) is 3.08. The molecule has 0 saturated carbocycles. The highest BCUT2D eigenvalue weighted by Crippen LogP contribution is 2.29. The first-order valence-electron chi connectivity index (χ1n) is 8.97. The number of nitrogens with one attached hydrogen (secondary N) is 1. The van der Waals surface area contributed by atoms with Gasteiger partial charge in [0.15, 0.2) is 12.1 Å². The van der Waals surface area contributed by atoms with Crippen LogP contribution in [0.4, 0.5) is 5.69 Å². The van der Waals surface area contributed by atoms with Crippen LogP contribution < -0.4 is 5.32 Å². The molecule has 1 aromatic carbocycles. The fraction of sp³-hybridized carbons (Fsp3) is 0.238. The number of amidine groups is 1. The molecule has 3 heterocycles. The van der Waals surface area contributed by atoms with Gasteiger partial charge in [-0.2, -0.15) is 0 Å². The highest BCUT2D eigenvalue weighted by molar-refractivity contribution is 9.10. The van der Waals surface area contributed by atoms with Gasteiger partial charge < -0.3 is 19.4 Å². The Labute approximate surface area is 172 Å². The van der Waals surface area contributed by atoms with Crippen LogP contribution in [-0.2, 0) is 16.0 Å². The summed E-state index contributed by atoms with van der Waals surface area (Å²) in [6.45, 7) is 1.13. The SMILES string of the molecule is COC(CNC1=Nc2ccc(Br)nc2Cn2cc(-c3ccccc3)cc21)OC. The molecule has 144 valence electrons. The van der Waals surface area contributed by atoms with Crippen molar-refractivity contribution in [2.24, 2.45) is 4.99 Å². The molecule has 2 aromatic heterocycles. The van der Waals surface area contributed by atoms with Gasteiger partial charge in [0.25, 0.3) is 0 Å². The number of rotatable bonds is 5. The molecule has 0 radical (unpaired) electrons. The molecule has 1 aliphatic rings. The van der Waals surface area contributed by atoms with Gasteiger partial charge in [0.05, 0.1) is 30.2 Å². The predicted molar refractivity (Wildman–Crippen MR) is 113 cm³/mol. The van der Waals surface area contributed by atoms with Crippen molar-refractivity contribution in [1.29, 1.82) is 0 Å². The van der Waals surface area contributed by atoms with Crippen LogP contribution in [0.25, 0.3) is 11.1 Å². The summed E-state index contributed by atoms with van der Waals surface area (Å²) in [7, 11) is 3.25. The van der Waals surface area contributed by atoms with Crippen LogP contribution in [0, 0.1) is 0 Å². The molecule has 0 aliphatic carbocycles. The first-order valence-corrected chi connectivity index (χ1v) is 9.77. The Kier molecular flexibility index (Phi) is 5.57. The van der Waals surface area contributed by atoms with Crippen LogP contribution in [-0.4, -0.2) is 42.4 Å². The van der Waals surface area contributed by atoms with Crippen LogP contribution in [0.5, 0.6) is 0 Å². The van der Waals surface area contributed by atoms with Crippen molar-refractivity contribution in [2.45, 2.75) is 12.8 Å². The molecule has 1 aliphatic heterocycles. The molecule has 0 spiro atoms. The maximum Gasteiger partial charge on any atom is 0.173 e. The van der Waals surface area contributed by atoms with E-state index in [-0.39, 0.29) is 6.29 Å². The number of aromatic nitrogens is 2. The van der Waals surface area contributed by atoms with Crippen molar-refractivity contribution >= 4 is 27.5 Å². The number of hydrogen-bond acceptors (Lipinski definition) is 5. The number of aliphatic imine (C=N–C) groups is 1. The van der Waals surface area contributed by atoms with Gasteiger partial charge in [-0.15, -0.1) is 0 Å². The van der Waals surface area contributed by atoms with Gasteiger partial charge in [-0.1, -0.05) is 30.3 Å². The number of nitrogens with zero attached hydrogens (tertiary/aromatic N) is 3. The van der Waals surface area contributed by atoms with Crippen LogP contribution in [0.3, 0.4) is 0 Å². The molecule has 0 unspecified atom stereocenters. The molecule has 0 amide bonds. The minimum absolute atomic E-state index is 0.356. The normalized spacial score (nSPS) is 12.9.